The van der Waals surface area contributed by atoms with E-state index in [1.165, 1.54) is 38.2 Å². The topological polar surface area (TPSA) is 26.3 Å². The predicted octanol–water partition coefficient (Wildman–Crippen LogP) is 4.27. The molecule has 2 nitrogen and oxygen atoms in total. The maximum atomic E-state index is 10.9. The molecule has 106 valence electrons. The van der Waals surface area contributed by atoms with E-state index in [4.69, 9.17) is 4.74 Å². The van der Waals surface area contributed by atoms with E-state index >= 15 is 0 Å². The Morgan fingerprint density at radius 1 is 1.32 bits per heavy atom. The molecule has 2 heteroatoms. The van der Waals surface area contributed by atoms with Crippen molar-refractivity contribution in [1.82, 2.24) is 0 Å². The van der Waals surface area contributed by atoms with Crippen LogP contribution in [0.4, 0.5) is 0 Å². The molecule has 0 saturated heterocycles. The van der Waals surface area contributed by atoms with Crippen molar-refractivity contribution in [2.24, 2.45) is 17.8 Å². The minimum absolute atomic E-state index is 0.195. The van der Waals surface area contributed by atoms with Gasteiger partial charge in [0.05, 0.1) is 0 Å². The molecule has 2 rings (SSSR count). The fourth-order valence-corrected chi connectivity index (χ4v) is 3.75. The van der Waals surface area contributed by atoms with E-state index in [0.717, 1.165) is 11.8 Å². The van der Waals surface area contributed by atoms with Crippen LogP contribution >= 0.6 is 0 Å². The molecule has 0 bridgehead atoms. The zero-order valence-electron chi connectivity index (χ0n) is 12.7. The largest absolute Gasteiger partial charge is 0.461 e. The second-order valence-corrected chi connectivity index (χ2v) is 6.34. The minimum atomic E-state index is -0.195. The molecule has 3 atom stereocenters. The van der Waals surface area contributed by atoms with Crippen molar-refractivity contribution in [2.75, 3.05) is 6.61 Å². The predicted molar refractivity (Wildman–Crippen MR) is 77.7 cm³/mol. The lowest BCUT2D eigenvalue weighted by Crippen LogP contribution is -2.23. The third-order valence-electron chi connectivity index (χ3n) is 4.73. The Morgan fingerprint density at radius 2 is 2.05 bits per heavy atom. The number of esters is 1. The van der Waals surface area contributed by atoms with Crippen LogP contribution in [0.1, 0.15) is 53.4 Å². The summed E-state index contributed by atoms with van der Waals surface area (Å²) in [6, 6.07) is 0. The average Bonchev–Trinajstić information content (AvgIpc) is 2.74. The molecule has 0 aliphatic heterocycles. The van der Waals surface area contributed by atoms with Crippen molar-refractivity contribution in [1.29, 1.82) is 0 Å². The highest BCUT2D eigenvalue weighted by Gasteiger charge is 2.35. The highest BCUT2D eigenvalue weighted by atomic mass is 16.5. The van der Waals surface area contributed by atoms with E-state index in [1.807, 2.05) is 0 Å². The first kappa shape index (κ1) is 14.4. The van der Waals surface area contributed by atoms with Crippen LogP contribution in [0.15, 0.2) is 22.8 Å². The van der Waals surface area contributed by atoms with Gasteiger partial charge in [0.25, 0.3) is 0 Å². The van der Waals surface area contributed by atoms with Crippen molar-refractivity contribution >= 4 is 5.97 Å². The van der Waals surface area contributed by atoms with Gasteiger partial charge in [0.1, 0.15) is 6.61 Å². The van der Waals surface area contributed by atoms with Crippen molar-refractivity contribution in [3.63, 3.8) is 0 Å². The summed E-state index contributed by atoms with van der Waals surface area (Å²) in [4.78, 5) is 10.9. The number of rotatable bonds is 3. The van der Waals surface area contributed by atoms with Crippen LogP contribution in [-0.4, -0.2) is 12.6 Å². The molecule has 0 heterocycles. The smallest absolute Gasteiger partial charge is 0.302 e. The summed E-state index contributed by atoms with van der Waals surface area (Å²) in [6.07, 6.45) is 7.53. The molecule has 19 heavy (non-hydrogen) atoms. The highest BCUT2D eigenvalue weighted by Crippen LogP contribution is 2.48. The van der Waals surface area contributed by atoms with Gasteiger partial charge in [-0.25, -0.2) is 0 Å². The molecule has 0 aromatic heterocycles. The Balaban J connectivity index is 2.09. The third kappa shape index (κ3) is 3.29. The van der Waals surface area contributed by atoms with Gasteiger partial charge in [-0.15, -0.1) is 0 Å². The summed E-state index contributed by atoms with van der Waals surface area (Å²) in [5.74, 6) is 2.03. The summed E-state index contributed by atoms with van der Waals surface area (Å²) in [7, 11) is 0. The van der Waals surface area contributed by atoms with Crippen molar-refractivity contribution in [3.8, 4) is 0 Å². The maximum Gasteiger partial charge on any atom is 0.302 e. The van der Waals surface area contributed by atoms with E-state index in [1.54, 1.807) is 11.1 Å². The van der Waals surface area contributed by atoms with Crippen LogP contribution in [0.5, 0.6) is 0 Å². The van der Waals surface area contributed by atoms with E-state index in [9.17, 15) is 4.79 Å². The van der Waals surface area contributed by atoms with Gasteiger partial charge in [0, 0.05) is 6.92 Å². The first-order chi connectivity index (χ1) is 8.99. The molecule has 0 spiro atoms. The van der Waals surface area contributed by atoms with E-state index in [0.29, 0.717) is 12.5 Å². The SMILES string of the molecule is CC(=O)OC/C(C)=C/C1CCC(C)C2CCC(C)=C12. The molecule has 1 fully saturated rings. The second-order valence-electron chi connectivity index (χ2n) is 6.34. The lowest BCUT2D eigenvalue weighted by Gasteiger charge is -2.34. The monoisotopic (exact) mass is 262 g/mol. The summed E-state index contributed by atoms with van der Waals surface area (Å²) < 4.78 is 5.08. The Bertz CT molecular complexity index is 417. The Labute approximate surface area is 116 Å². The minimum Gasteiger partial charge on any atom is -0.461 e. The van der Waals surface area contributed by atoms with Gasteiger partial charge in [0.15, 0.2) is 0 Å². The summed E-state index contributed by atoms with van der Waals surface area (Å²) >= 11 is 0. The fraction of sp³-hybridized carbons (Fsp3) is 0.706. The van der Waals surface area contributed by atoms with E-state index in [-0.39, 0.29) is 5.97 Å². The number of carbonyl (C=O) groups is 1. The van der Waals surface area contributed by atoms with Gasteiger partial charge < -0.3 is 4.74 Å². The standard InChI is InChI=1S/C17H26O2/c1-11(10-19-14(4)18)9-15-7-5-12(2)16-8-6-13(3)17(15)16/h9,12,15-16H,5-8,10H2,1-4H3/b11-9+. The van der Waals surface area contributed by atoms with Gasteiger partial charge >= 0.3 is 5.97 Å². The maximum absolute atomic E-state index is 10.9. The molecular formula is C17H26O2. The summed E-state index contributed by atoms with van der Waals surface area (Å²) in [5.41, 5.74) is 4.49. The molecule has 0 N–H and O–H groups in total. The van der Waals surface area contributed by atoms with Crippen LogP contribution in [-0.2, 0) is 9.53 Å². The first-order valence-electron chi connectivity index (χ1n) is 7.49. The zero-order valence-corrected chi connectivity index (χ0v) is 12.7. The third-order valence-corrected chi connectivity index (χ3v) is 4.73. The summed E-state index contributed by atoms with van der Waals surface area (Å²) in [5, 5.41) is 0. The number of ether oxygens (including phenoxy) is 1. The fourth-order valence-electron chi connectivity index (χ4n) is 3.75. The molecule has 0 amide bonds. The second kappa shape index (κ2) is 5.94. The Kier molecular flexibility index (Phi) is 4.49. The molecule has 2 aliphatic carbocycles. The van der Waals surface area contributed by atoms with E-state index < -0.39 is 0 Å². The van der Waals surface area contributed by atoms with Crippen molar-refractivity contribution in [3.05, 3.63) is 22.8 Å². The van der Waals surface area contributed by atoms with Gasteiger partial charge in [-0.1, -0.05) is 24.1 Å². The molecule has 2 aliphatic rings. The van der Waals surface area contributed by atoms with Crippen LogP contribution in [0, 0.1) is 17.8 Å². The number of hydrogen-bond donors (Lipinski definition) is 0. The van der Waals surface area contributed by atoms with Gasteiger partial charge in [-0.05, 0) is 62.9 Å². The molecular weight excluding hydrogens is 236 g/mol. The number of allylic oxidation sites excluding steroid dienone is 3. The molecule has 3 unspecified atom stereocenters. The Morgan fingerprint density at radius 3 is 2.74 bits per heavy atom. The molecule has 0 radical (unpaired) electrons. The summed E-state index contributed by atoms with van der Waals surface area (Å²) in [6.45, 7) is 8.68. The first-order valence-corrected chi connectivity index (χ1v) is 7.49. The van der Waals surface area contributed by atoms with Gasteiger partial charge in [-0.2, -0.15) is 0 Å². The normalized spacial score (nSPS) is 31.4. The molecule has 0 aromatic carbocycles. The molecule has 1 saturated carbocycles. The lowest BCUT2D eigenvalue weighted by molar-refractivity contribution is -0.139. The lowest BCUT2D eigenvalue weighted by atomic mass is 9.71. The van der Waals surface area contributed by atoms with Crippen LogP contribution < -0.4 is 0 Å². The Hall–Kier alpha value is -1.05. The van der Waals surface area contributed by atoms with Crippen LogP contribution in [0.2, 0.25) is 0 Å². The zero-order chi connectivity index (χ0) is 14.0. The quantitative estimate of drug-likeness (QED) is 0.561. The molecule has 0 aromatic rings. The number of carbonyl (C=O) groups excluding carboxylic acids is 1. The average molecular weight is 262 g/mol. The number of hydrogen-bond acceptors (Lipinski definition) is 2. The van der Waals surface area contributed by atoms with E-state index in [2.05, 4.69) is 26.8 Å². The van der Waals surface area contributed by atoms with Gasteiger partial charge in [0.2, 0.25) is 0 Å². The number of fused-ring (bicyclic) bond motifs is 1. The van der Waals surface area contributed by atoms with Crippen LogP contribution in [0.25, 0.3) is 0 Å². The highest BCUT2D eigenvalue weighted by molar-refractivity contribution is 5.66. The van der Waals surface area contributed by atoms with Crippen molar-refractivity contribution in [2.45, 2.75) is 53.4 Å². The van der Waals surface area contributed by atoms with Gasteiger partial charge in [-0.3, -0.25) is 4.79 Å². The van der Waals surface area contributed by atoms with Crippen molar-refractivity contribution < 1.29 is 9.53 Å². The van der Waals surface area contributed by atoms with Crippen LogP contribution in [0.3, 0.4) is 0 Å².